The summed E-state index contributed by atoms with van der Waals surface area (Å²) in [5.41, 5.74) is 0.873. The van der Waals surface area contributed by atoms with Crippen molar-refractivity contribution in [2.24, 2.45) is 0 Å². The SMILES string of the molecule is CC(=O)c1ccc(OC(=O)c2ccccc2Cl)cc1. The lowest BCUT2D eigenvalue weighted by atomic mass is 10.1. The fraction of sp³-hybridized carbons (Fsp3) is 0.0667. The van der Waals surface area contributed by atoms with Crippen LogP contribution in [0.4, 0.5) is 0 Å². The van der Waals surface area contributed by atoms with Crippen LogP contribution in [0.2, 0.25) is 5.02 Å². The van der Waals surface area contributed by atoms with Crippen LogP contribution in [0.5, 0.6) is 5.75 Å². The van der Waals surface area contributed by atoms with E-state index in [1.807, 2.05) is 0 Å². The quantitative estimate of drug-likeness (QED) is 0.486. The Morgan fingerprint density at radius 3 is 2.21 bits per heavy atom. The lowest BCUT2D eigenvalue weighted by Gasteiger charge is -2.06. The Morgan fingerprint density at radius 2 is 1.63 bits per heavy atom. The van der Waals surface area contributed by atoms with Crippen molar-refractivity contribution in [2.45, 2.75) is 6.92 Å². The number of carbonyl (C=O) groups excluding carboxylic acids is 2. The molecule has 2 aromatic rings. The summed E-state index contributed by atoms with van der Waals surface area (Å²) < 4.78 is 5.18. The van der Waals surface area contributed by atoms with E-state index in [9.17, 15) is 9.59 Å². The van der Waals surface area contributed by atoms with Crippen molar-refractivity contribution in [3.05, 3.63) is 64.7 Å². The van der Waals surface area contributed by atoms with E-state index in [4.69, 9.17) is 16.3 Å². The van der Waals surface area contributed by atoms with Crippen LogP contribution >= 0.6 is 11.6 Å². The third-order valence-electron chi connectivity index (χ3n) is 2.57. The van der Waals surface area contributed by atoms with Gasteiger partial charge in [0.05, 0.1) is 10.6 Å². The van der Waals surface area contributed by atoms with Crippen LogP contribution in [0, 0.1) is 0 Å². The molecule has 3 nitrogen and oxygen atoms in total. The fourth-order valence-electron chi connectivity index (χ4n) is 1.55. The molecule has 0 saturated carbocycles. The summed E-state index contributed by atoms with van der Waals surface area (Å²) in [6.07, 6.45) is 0. The molecule has 0 bridgehead atoms. The molecular formula is C15H11ClO3. The molecule has 0 N–H and O–H groups in total. The molecule has 0 fully saturated rings. The average molecular weight is 275 g/mol. The highest BCUT2D eigenvalue weighted by Gasteiger charge is 2.12. The van der Waals surface area contributed by atoms with E-state index in [0.717, 1.165) is 0 Å². The van der Waals surface area contributed by atoms with E-state index in [1.165, 1.54) is 6.92 Å². The lowest BCUT2D eigenvalue weighted by Crippen LogP contribution is -2.09. The molecule has 2 rings (SSSR count). The van der Waals surface area contributed by atoms with E-state index >= 15 is 0 Å². The standard InChI is InChI=1S/C15H11ClO3/c1-10(17)11-6-8-12(9-7-11)19-15(18)13-4-2-3-5-14(13)16/h2-9H,1H3. The van der Waals surface area contributed by atoms with Gasteiger partial charge < -0.3 is 4.74 Å². The highest BCUT2D eigenvalue weighted by Crippen LogP contribution is 2.19. The van der Waals surface area contributed by atoms with E-state index in [-0.39, 0.29) is 5.78 Å². The van der Waals surface area contributed by atoms with E-state index < -0.39 is 5.97 Å². The van der Waals surface area contributed by atoms with Crippen molar-refractivity contribution >= 4 is 23.4 Å². The Bertz CT molecular complexity index is 618. The molecule has 0 atom stereocenters. The van der Waals surface area contributed by atoms with Crippen LogP contribution in [-0.2, 0) is 0 Å². The number of benzene rings is 2. The zero-order chi connectivity index (χ0) is 13.8. The average Bonchev–Trinajstić information content (AvgIpc) is 2.39. The molecule has 2 aromatic carbocycles. The number of ketones is 1. The molecule has 4 heteroatoms. The maximum absolute atomic E-state index is 11.9. The maximum atomic E-state index is 11.9. The summed E-state index contributed by atoms with van der Waals surface area (Å²) in [7, 11) is 0. The highest BCUT2D eigenvalue weighted by atomic mass is 35.5. The number of hydrogen-bond donors (Lipinski definition) is 0. The van der Waals surface area contributed by atoms with Gasteiger partial charge in [-0.05, 0) is 43.3 Å². The first-order valence-corrected chi connectivity index (χ1v) is 6.03. The zero-order valence-corrected chi connectivity index (χ0v) is 11.0. The largest absolute Gasteiger partial charge is 0.423 e. The summed E-state index contributed by atoms with van der Waals surface area (Å²) in [6, 6.07) is 13.0. The van der Waals surface area contributed by atoms with Crippen LogP contribution in [0.1, 0.15) is 27.6 Å². The van der Waals surface area contributed by atoms with E-state index in [0.29, 0.717) is 21.9 Å². The Labute approximate surface area is 115 Å². The van der Waals surface area contributed by atoms with Crippen LogP contribution in [0.25, 0.3) is 0 Å². The van der Waals surface area contributed by atoms with Crippen molar-refractivity contribution in [3.63, 3.8) is 0 Å². The molecule has 0 amide bonds. The van der Waals surface area contributed by atoms with Gasteiger partial charge in [-0.15, -0.1) is 0 Å². The van der Waals surface area contributed by atoms with Gasteiger partial charge >= 0.3 is 5.97 Å². The second-order valence-corrected chi connectivity index (χ2v) is 4.36. The maximum Gasteiger partial charge on any atom is 0.345 e. The van der Waals surface area contributed by atoms with Crippen molar-refractivity contribution in [3.8, 4) is 5.75 Å². The number of hydrogen-bond acceptors (Lipinski definition) is 3. The number of Topliss-reactive ketones (excluding diaryl/α,β-unsaturated/α-hetero) is 1. The minimum Gasteiger partial charge on any atom is -0.423 e. The molecule has 0 radical (unpaired) electrons. The minimum absolute atomic E-state index is 0.0380. The van der Waals surface area contributed by atoms with Crippen molar-refractivity contribution in [1.29, 1.82) is 0 Å². The van der Waals surface area contributed by atoms with E-state index in [1.54, 1.807) is 48.5 Å². The van der Waals surface area contributed by atoms with Crippen molar-refractivity contribution in [2.75, 3.05) is 0 Å². The molecule has 96 valence electrons. The number of rotatable bonds is 3. The monoisotopic (exact) mass is 274 g/mol. The molecule has 0 aliphatic rings. The molecule has 0 unspecified atom stereocenters. The Morgan fingerprint density at radius 1 is 1.00 bits per heavy atom. The molecule has 0 aliphatic heterocycles. The Kier molecular flexibility index (Phi) is 3.97. The van der Waals surface area contributed by atoms with Crippen LogP contribution < -0.4 is 4.74 Å². The zero-order valence-electron chi connectivity index (χ0n) is 10.2. The third kappa shape index (κ3) is 3.20. The first kappa shape index (κ1) is 13.3. The van der Waals surface area contributed by atoms with E-state index in [2.05, 4.69) is 0 Å². The highest BCUT2D eigenvalue weighted by molar-refractivity contribution is 6.33. The van der Waals surface area contributed by atoms with Crippen molar-refractivity contribution in [1.82, 2.24) is 0 Å². The van der Waals surface area contributed by atoms with Gasteiger partial charge in [0.1, 0.15) is 5.75 Å². The molecule has 0 spiro atoms. The smallest absolute Gasteiger partial charge is 0.345 e. The summed E-state index contributed by atoms with van der Waals surface area (Å²) in [5.74, 6) is -0.194. The summed E-state index contributed by atoms with van der Waals surface area (Å²) in [6.45, 7) is 1.48. The molecule has 0 heterocycles. The molecule has 19 heavy (non-hydrogen) atoms. The summed E-state index contributed by atoms with van der Waals surface area (Å²) >= 11 is 5.91. The van der Waals surface area contributed by atoms with Gasteiger partial charge in [0.15, 0.2) is 5.78 Å². The topological polar surface area (TPSA) is 43.4 Å². The van der Waals surface area contributed by atoms with Gasteiger partial charge in [-0.1, -0.05) is 23.7 Å². The van der Waals surface area contributed by atoms with Gasteiger partial charge in [-0.2, -0.15) is 0 Å². The second-order valence-electron chi connectivity index (χ2n) is 3.95. The first-order valence-electron chi connectivity index (χ1n) is 5.65. The van der Waals surface area contributed by atoms with Gasteiger partial charge in [0.25, 0.3) is 0 Å². The van der Waals surface area contributed by atoms with Crippen LogP contribution in [0.3, 0.4) is 0 Å². The number of halogens is 1. The van der Waals surface area contributed by atoms with Crippen molar-refractivity contribution < 1.29 is 14.3 Å². The summed E-state index contributed by atoms with van der Waals surface area (Å²) in [4.78, 5) is 23.0. The van der Waals surface area contributed by atoms with Gasteiger partial charge in [0.2, 0.25) is 0 Å². The first-order chi connectivity index (χ1) is 9.08. The van der Waals surface area contributed by atoms with Crippen LogP contribution in [-0.4, -0.2) is 11.8 Å². The number of ether oxygens (including phenoxy) is 1. The van der Waals surface area contributed by atoms with Gasteiger partial charge in [-0.25, -0.2) is 4.79 Å². The number of esters is 1. The minimum atomic E-state index is -0.527. The molecular weight excluding hydrogens is 264 g/mol. The van der Waals surface area contributed by atoms with Gasteiger partial charge in [-0.3, -0.25) is 4.79 Å². The summed E-state index contributed by atoms with van der Waals surface area (Å²) in [5, 5.41) is 0.341. The van der Waals surface area contributed by atoms with Crippen LogP contribution in [0.15, 0.2) is 48.5 Å². The Hall–Kier alpha value is -2.13. The Balaban J connectivity index is 2.15. The fourth-order valence-corrected chi connectivity index (χ4v) is 1.76. The molecule has 0 aromatic heterocycles. The second kappa shape index (κ2) is 5.67. The normalized spacial score (nSPS) is 10.0. The molecule has 0 saturated heterocycles. The number of carbonyl (C=O) groups is 2. The predicted octanol–water partition coefficient (Wildman–Crippen LogP) is 3.76. The predicted molar refractivity (Wildman–Crippen MR) is 72.9 cm³/mol. The van der Waals surface area contributed by atoms with Gasteiger partial charge in [0, 0.05) is 5.56 Å². The molecule has 0 aliphatic carbocycles. The lowest BCUT2D eigenvalue weighted by molar-refractivity contribution is 0.0735. The third-order valence-corrected chi connectivity index (χ3v) is 2.89.